The van der Waals surface area contributed by atoms with Crippen molar-refractivity contribution in [3.8, 4) is 5.75 Å². The summed E-state index contributed by atoms with van der Waals surface area (Å²) in [4.78, 5) is 19.5. The zero-order valence-corrected chi connectivity index (χ0v) is 14.9. The van der Waals surface area contributed by atoms with Crippen molar-refractivity contribution in [3.63, 3.8) is 0 Å². The molecule has 27 heavy (non-hydrogen) atoms. The smallest absolute Gasteiger partial charge is 0.282 e. The molecule has 3 aromatic rings. The van der Waals surface area contributed by atoms with Crippen LogP contribution in [0.3, 0.4) is 0 Å². The number of amides is 1. The number of aliphatic imine (C=N–C) groups is 1. The predicted octanol–water partition coefficient (Wildman–Crippen LogP) is 4.53. The van der Waals surface area contributed by atoms with Crippen LogP contribution in [0.4, 0.5) is 5.69 Å². The quantitative estimate of drug-likeness (QED) is 0.646. The van der Waals surface area contributed by atoms with Crippen molar-refractivity contribution in [2.75, 3.05) is 12.0 Å². The van der Waals surface area contributed by atoms with Crippen molar-refractivity contribution >= 4 is 23.5 Å². The Kier molecular flexibility index (Phi) is 4.54. The maximum Gasteiger partial charge on any atom is 0.282 e. The molecule has 0 N–H and O–H groups in total. The molecular weight excluding hydrogens is 336 g/mol. The summed E-state index contributed by atoms with van der Waals surface area (Å²) in [6.45, 7) is 0. The van der Waals surface area contributed by atoms with Crippen LogP contribution in [0.15, 0.2) is 95.6 Å². The normalized spacial score (nSPS) is 15.1. The standard InChI is InChI=1S/C23H18N2O2/c1-27-20-14-12-19(13-15-20)25-22(18-10-6-3-7-11-18)24-21(23(25)26)16-17-8-4-2-5-9-17/h2-16H,1H3/b21-16-. The molecule has 132 valence electrons. The summed E-state index contributed by atoms with van der Waals surface area (Å²) < 4.78 is 5.23. The Balaban J connectivity index is 1.80. The maximum absolute atomic E-state index is 13.2. The summed E-state index contributed by atoms with van der Waals surface area (Å²) in [6.07, 6.45) is 1.81. The van der Waals surface area contributed by atoms with Gasteiger partial charge >= 0.3 is 0 Å². The van der Waals surface area contributed by atoms with Crippen molar-refractivity contribution in [2.24, 2.45) is 4.99 Å². The average Bonchev–Trinajstić information content (AvgIpc) is 3.05. The van der Waals surface area contributed by atoms with E-state index in [2.05, 4.69) is 4.99 Å². The number of methoxy groups -OCH3 is 1. The Morgan fingerprint density at radius 2 is 1.48 bits per heavy atom. The predicted molar refractivity (Wildman–Crippen MR) is 108 cm³/mol. The van der Waals surface area contributed by atoms with Gasteiger partial charge in [0.2, 0.25) is 0 Å². The zero-order chi connectivity index (χ0) is 18.6. The first-order valence-corrected chi connectivity index (χ1v) is 8.65. The number of amidine groups is 1. The molecule has 1 aliphatic heterocycles. The van der Waals surface area contributed by atoms with Gasteiger partial charge in [-0.2, -0.15) is 0 Å². The van der Waals surface area contributed by atoms with Crippen LogP contribution in [0, 0.1) is 0 Å². The van der Waals surface area contributed by atoms with E-state index in [0.717, 1.165) is 22.6 Å². The van der Waals surface area contributed by atoms with E-state index in [1.165, 1.54) is 0 Å². The monoisotopic (exact) mass is 354 g/mol. The van der Waals surface area contributed by atoms with Crippen LogP contribution in [0.5, 0.6) is 5.75 Å². The van der Waals surface area contributed by atoms with E-state index in [4.69, 9.17) is 4.74 Å². The topological polar surface area (TPSA) is 41.9 Å². The van der Waals surface area contributed by atoms with Crippen molar-refractivity contribution in [1.82, 2.24) is 0 Å². The highest BCUT2D eigenvalue weighted by atomic mass is 16.5. The lowest BCUT2D eigenvalue weighted by Crippen LogP contribution is -2.32. The number of anilines is 1. The second kappa shape index (κ2) is 7.30. The molecule has 0 aromatic heterocycles. The molecule has 0 unspecified atom stereocenters. The largest absolute Gasteiger partial charge is 0.497 e. The van der Waals surface area contributed by atoms with E-state index in [1.807, 2.05) is 91.0 Å². The molecule has 0 spiro atoms. The molecule has 1 heterocycles. The molecule has 0 aliphatic carbocycles. The summed E-state index contributed by atoms with van der Waals surface area (Å²) in [5.74, 6) is 1.21. The average molecular weight is 354 g/mol. The van der Waals surface area contributed by atoms with Crippen LogP contribution in [-0.2, 0) is 4.79 Å². The number of benzene rings is 3. The fourth-order valence-corrected chi connectivity index (χ4v) is 2.98. The van der Waals surface area contributed by atoms with Gasteiger partial charge in [-0.05, 0) is 35.9 Å². The minimum Gasteiger partial charge on any atom is -0.497 e. The van der Waals surface area contributed by atoms with Crippen LogP contribution in [0.1, 0.15) is 11.1 Å². The minimum atomic E-state index is -0.150. The molecule has 3 aromatic carbocycles. The van der Waals surface area contributed by atoms with Gasteiger partial charge in [0.05, 0.1) is 12.8 Å². The summed E-state index contributed by atoms with van der Waals surface area (Å²) in [7, 11) is 1.62. The Labute approximate surface area is 158 Å². The van der Waals surface area contributed by atoms with Gasteiger partial charge in [-0.25, -0.2) is 4.99 Å². The number of nitrogens with zero attached hydrogens (tertiary/aromatic N) is 2. The van der Waals surface area contributed by atoms with Crippen LogP contribution in [0.25, 0.3) is 6.08 Å². The van der Waals surface area contributed by atoms with E-state index < -0.39 is 0 Å². The second-order valence-corrected chi connectivity index (χ2v) is 6.08. The van der Waals surface area contributed by atoms with E-state index in [-0.39, 0.29) is 5.91 Å². The Bertz CT molecular complexity index is 1010. The lowest BCUT2D eigenvalue weighted by atomic mass is 10.1. The van der Waals surface area contributed by atoms with Crippen molar-refractivity contribution < 1.29 is 9.53 Å². The van der Waals surface area contributed by atoms with E-state index in [1.54, 1.807) is 12.0 Å². The summed E-state index contributed by atoms with van der Waals surface area (Å²) in [5.41, 5.74) is 2.99. The third-order valence-corrected chi connectivity index (χ3v) is 4.33. The Morgan fingerprint density at radius 3 is 2.11 bits per heavy atom. The third kappa shape index (κ3) is 3.37. The van der Waals surface area contributed by atoms with Crippen LogP contribution in [0.2, 0.25) is 0 Å². The molecule has 0 fully saturated rings. The van der Waals surface area contributed by atoms with Crippen LogP contribution >= 0.6 is 0 Å². The molecule has 1 amide bonds. The van der Waals surface area contributed by atoms with Gasteiger partial charge < -0.3 is 4.74 Å². The van der Waals surface area contributed by atoms with Gasteiger partial charge in [0.25, 0.3) is 5.91 Å². The van der Waals surface area contributed by atoms with Gasteiger partial charge in [-0.1, -0.05) is 60.7 Å². The first-order chi connectivity index (χ1) is 13.3. The number of hydrogen-bond donors (Lipinski definition) is 0. The summed E-state index contributed by atoms with van der Waals surface area (Å²) >= 11 is 0. The number of ether oxygens (including phenoxy) is 1. The van der Waals surface area contributed by atoms with Crippen molar-refractivity contribution in [2.45, 2.75) is 0 Å². The molecule has 4 rings (SSSR count). The Morgan fingerprint density at radius 1 is 0.852 bits per heavy atom. The van der Waals surface area contributed by atoms with Gasteiger partial charge in [0.15, 0.2) is 0 Å². The van der Waals surface area contributed by atoms with Gasteiger partial charge in [0.1, 0.15) is 17.3 Å². The SMILES string of the molecule is COc1ccc(N2C(=O)/C(=C/c3ccccc3)N=C2c2ccccc2)cc1. The fourth-order valence-electron chi connectivity index (χ4n) is 2.98. The maximum atomic E-state index is 13.2. The number of carbonyl (C=O) groups is 1. The zero-order valence-electron chi connectivity index (χ0n) is 14.9. The van der Waals surface area contributed by atoms with E-state index in [0.29, 0.717) is 11.5 Å². The van der Waals surface area contributed by atoms with Crippen molar-refractivity contribution in [1.29, 1.82) is 0 Å². The lowest BCUT2D eigenvalue weighted by molar-refractivity contribution is -0.113. The number of rotatable bonds is 4. The summed E-state index contributed by atoms with van der Waals surface area (Å²) in [6, 6.07) is 26.9. The highest BCUT2D eigenvalue weighted by Crippen LogP contribution is 2.29. The van der Waals surface area contributed by atoms with Crippen molar-refractivity contribution in [3.05, 3.63) is 102 Å². The second-order valence-electron chi connectivity index (χ2n) is 6.08. The highest BCUT2D eigenvalue weighted by Gasteiger charge is 2.32. The van der Waals surface area contributed by atoms with Gasteiger partial charge in [-0.15, -0.1) is 0 Å². The first-order valence-electron chi connectivity index (χ1n) is 8.65. The van der Waals surface area contributed by atoms with Gasteiger partial charge in [-0.3, -0.25) is 9.69 Å². The van der Waals surface area contributed by atoms with E-state index >= 15 is 0 Å². The van der Waals surface area contributed by atoms with E-state index in [9.17, 15) is 4.79 Å². The fraction of sp³-hybridized carbons (Fsp3) is 0.0435. The van der Waals surface area contributed by atoms with Gasteiger partial charge in [0, 0.05) is 5.56 Å². The Hall–Kier alpha value is -3.66. The molecule has 4 nitrogen and oxygen atoms in total. The van der Waals surface area contributed by atoms with Crippen LogP contribution < -0.4 is 9.64 Å². The first kappa shape index (κ1) is 16.8. The third-order valence-electron chi connectivity index (χ3n) is 4.33. The minimum absolute atomic E-state index is 0.150. The molecule has 0 bridgehead atoms. The van der Waals surface area contributed by atoms with Crippen LogP contribution in [-0.4, -0.2) is 18.9 Å². The molecule has 4 heteroatoms. The highest BCUT2D eigenvalue weighted by molar-refractivity contribution is 6.33. The molecule has 0 atom stereocenters. The molecule has 0 saturated heterocycles. The molecular formula is C23H18N2O2. The number of carbonyl (C=O) groups excluding carboxylic acids is 1. The molecule has 1 aliphatic rings. The lowest BCUT2D eigenvalue weighted by Gasteiger charge is -2.18. The molecule has 0 saturated carbocycles. The molecule has 0 radical (unpaired) electrons. The summed E-state index contributed by atoms with van der Waals surface area (Å²) in [5, 5.41) is 0. The number of hydrogen-bond acceptors (Lipinski definition) is 3.